The van der Waals surface area contributed by atoms with Gasteiger partial charge >= 0.3 is 0 Å². The van der Waals surface area contributed by atoms with Crippen molar-refractivity contribution in [2.24, 2.45) is 4.99 Å². The molecule has 0 bridgehead atoms. The van der Waals surface area contributed by atoms with Crippen molar-refractivity contribution >= 4 is 11.8 Å². The molecule has 2 heterocycles. The smallest absolute Gasteiger partial charge is 0.191 e. The third kappa shape index (κ3) is 6.12. The Morgan fingerprint density at radius 2 is 2.00 bits per heavy atom. The van der Waals surface area contributed by atoms with Gasteiger partial charge in [-0.1, -0.05) is 18.2 Å². The van der Waals surface area contributed by atoms with E-state index in [2.05, 4.69) is 71.6 Å². The Hall–Kier alpha value is -2.76. The first-order valence-electron chi connectivity index (χ1n) is 10.9. The lowest BCUT2D eigenvalue weighted by atomic mass is 10.1. The van der Waals surface area contributed by atoms with Crippen LogP contribution in [0.3, 0.4) is 0 Å². The van der Waals surface area contributed by atoms with E-state index < -0.39 is 0 Å². The van der Waals surface area contributed by atoms with Gasteiger partial charge in [0.15, 0.2) is 5.96 Å². The topological polar surface area (TPSA) is 61.8 Å². The van der Waals surface area contributed by atoms with Crippen LogP contribution in [-0.2, 0) is 6.42 Å². The second-order valence-electron chi connectivity index (χ2n) is 7.91. The number of anilines is 1. The van der Waals surface area contributed by atoms with Crippen molar-refractivity contribution < 1.29 is 4.74 Å². The molecule has 1 aromatic heterocycles. The maximum absolute atomic E-state index is 5.43. The van der Waals surface area contributed by atoms with Gasteiger partial charge in [0.25, 0.3) is 0 Å². The zero-order valence-electron chi connectivity index (χ0n) is 18.7. The molecule has 1 fully saturated rings. The van der Waals surface area contributed by atoms with Crippen molar-refractivity contribution in [3.05, 3.63) is 53.2 Å². The Labute approximate surface area is 180 Å². The van der Waals surface area contributed by atoms with E-state index in [-0.39, 0.29) is 0 Å². The Kier molecular flexibility index (Phi) is 7.94. The molecule has 30 heavy (non-hydrogen) atoms. The van der Waals surface area contributed by atoms with Crippen molar-refractivity contribution in [3.8, 4) is 5.75 Å². The molecule has 6 heteroatoms. The summed E-state index contributed by atoms with van der Waals surface area (Å²) < 4.78 is 5.43. The predicted molar refractivity (Wildman–Crippen MR) is 125 cm³/mol. The number of aryl methyl sites for hydroxylation is 2. The number of piperidine rings is 1. The van der Waals surface area contributed by atoms with E-state index in [9.17, 15) is 0 Å². The average molecular weight is 410 g/mol. The molecule has 0 spiro atoms. The van der Waals surface area contributed by atoms with Gasteiger partial charge in [-0.05, 0) is 68.9 Å². The predicted octanol–water partition coefficient (Wildman–Crippen LogP) is 3.47. The van der Waals surface area contributed by atoms with Gasteiger partial charge in [-0.25, -0.2) is 4.98 Å². The number of methoxy groups -OCH3 is 1. The standard InChI is InChI=1S/C24H35N5O/c1-5-25-24(26-13-10-20-8-7-19(3)22(16-20)30-4)28-21-11-14-29(15-12-21)23-9-6-18(2)17-27-23/h6-9,16-17,21H,5,10-15H2,1-4H3,(H2,25,26,28). The number of nitrogens with zero attached hydrogens (tertiary/aromatic N) is 3. The number of aromatic nitrogens is 1. The number of guanidine groups is 1. The van der Waals surface area contributed by atoms with E-state index in [0.29, 0.717) is 6.04 Å². The normalized spacial score (nSPS) is 15.2. The largest absolute Gasteiger partial charge is 0.496 e. The van der Waals surface area contributed by atoms with Gasteiger partial charge in [-0.15, -0.1) is 0 Å². The highest BCUT2D eigenvalue weighted by Gasteiger charge is 2.20. The van der Waals surface area contributed by atoms with Crippen LogP contribution in [0.1, 0.15) is 36.5 Å². The quantitative estimate of drug-likeness (QED) is 0.542. The van der Waals surface area contributed by atoms with Crippen LogP contribution in [0.4, 0.5) is 5.82 Å². The Bertz CT molecular complexity index is 826. The summed E-state index contributed by atoms with van der Waals surface area (Å²) in [5.41, 5.74) is 3.61. The second-order valence-corrected chi connectivity index (χ2v) is 7.91. The minimum absolute atomic E-state index is 0.434. The van der Waals surface area contributed by atoms with Crippen molar-refractivity contribution in [2.45, 2.75) is 46.1 Å². The maximum Gasteiger partial charge on any atom is 0.191 e. The molecule has 1 aliphatic rings. The van der Waals surface area contributed by atoms with Crippen LogP contribution in [-0.4, -0.2) is 50.3 Å². The summed E-state index contributed by atoms with van der Waals surface area (Å²) in [5, 5.41) is 7.01. The number of pyridine rings is 1. The summed E-state index contributed by atoms with van der Waals surface area (Å²) in [7, 11) is 1.72. The summed E-state index contributed by atoms with van der Waals surface area (Å²) in [5.74, 6) is 2.92. The molecule has 3 rings (SSSR count). The fraction of sp³-hybridized carbons (Fsp3) is 0.500. The highest BCUT2D eigenvalue weighted by Crippen LogP contribution is 2.20. The second kappa shape index (κ2) is 10.9. The molecule has 1 aromatic carbocycles. The maximum atomic E-state index is 5.43. The number of ether oxygens (including phenoxy) is 1. The average Bonchev–Trinajstić information content (AvgIpc) is 2.76. The van der Waals surface area contributed by atoms with Crippen molar-refractivity contribution in [1.29, 1.82) is 0 Å². The summed E-state index contributed by atoms with van der Waals surface area (Å²) in [6.45, 7) is 9.86. The van der Waals surface area contributed by atoms with Crippen molar-refractivity contribution in [1.82, 2.24) is 15.6 Å². The molecule has 162 valence electrons. The molecule has 0 saturated carbocycles. The van der Waals surface area contributed by atoms with Gasteiger partial charge in [0.1, 0.15) is 11.6 Å². The lowest BCUT2D eigenvalue weighted by Crippen LogP contribution is -2.49. The highest BCUT2D eigenvalue weighted by molar-refractivity contribution is 5.80. The molecule has 2 N–H and O–H groups in total. The summed E-state index contributed by atoms with van der Waals surface area (Å²) in [6.07, 6.45) is 4.99. The third-order valence-electron chi connectivity index (χ3n) is 5.54. The van der Waals surface area contributed by atoms with E-state index in [1.54, 1.807) is 7.11 Å². The molecule has 0 radical (unpaired) electrons. The Balaban J connectivity index is 1.51. The number of aliphatic imine (C=N–C) groups is 1. The Morgan fingerprint density at radius 1 is 1.20 bits per heavy atom. The number of hydrogen-bond donors (Lipinski definition) is 2. The zero-order valence-corrected chi connectivity index (χ0v) is 18.7. The van der Waals surface area contributed by atoms with Gasteiger partial charge in [-0.3, -0.25) is 4.99 Å². The van der Waals surface area contributed by atoms with E-state index >= 15 is 0 Å². The van der Waals surface area contributed by atoms with Crippen LogP contribution in [0, 0.1) is 13.8 Å². The number of rotatable bonds is 7. The zero-order chi connectivity index (χ0) is 21.3. The molecule has 6 nitrogen and oxygen atoms in total. The van der Waals surface area contributed by atoms with Crippen LogP contribution < -0.4 is 20.3 Å². The molecule has 1 saturated heterocycles. The SMILES string of the molecule is CCNC(=NCCc1ccc(C)c(OC)c1)NC1CCN(c2ccc(C)cn2)CC1. The summed E-state index contributed by atoms with van der Waals surface area (Å²) in [4.78, 5) is 11.7. The van der Waals surface area contributed by atoms with Crippen molar-refractivity contribution in [3.63, 3.8) is 0 Å². The molecule has 0 aliphatic carbocycles. The fourth-order valence-electron chi connectivity index (χ4n) is 3.73. The third-order valence-corrected chi connectivity index (χ3v) is 5.54. The Morgan fingerprint density at radius 3 is 2.67 bits per heavy atom. The molecular formula is C24H35N5O. The molecule has 0 unspecified atom stereocenters. The molecular weight excluding hydrogens is 374 g/mol. The molecule has 1 aliphatic heterocycles. The van der Waals surface area contributed by atoms with Crippen LogP contribution in [0.5, 0.6) is 5.75 Å². The number of benzene rings is 1. The van der Waals surface area contributed by atoms with Crippen LogP contribution in [0.2, 0.25) is 0 Å². The molecule has 0 atom stereocenters. The molecule has 2 aromatic rings. The number of nitrogens with one attached hydrogen (secondary N) is 2. The van der Waals surface area contributed by atoms with Gasteiger partial charge in [-0.2, -0.15) is 0 Å². The lowest BCUT2D eigenvalue weighted by Gasteiger charge is -2.33. The summed E-state index contributed by atoms with van der Waals surface area (Å²) in [6, 6.07) is 11.1. The first kappa shape index (κ1) is 21.9. The van der Waals surface area contributed by atoms with Gasteiger partial charge in [0, 0.05) is 38.4 Å². The first-order valence-corrected chi connectivity index (χ1v) is 10.9. The van der Waals surface area contributed by atoms with E-state index in [0.717, 1.165) is 68.5 Å². The minimum atomic E-state index is 0.434. The fourth-order valence-corrected chi connectivity index (χ4v) is 3.73. The first-order chi connectivity index (χ1) is 14.6. The van der Waals surface area contributed by atoms with E-state index in [1.165, 1.54) is 11.1 Å². The monoisotopic (exact) mass is 409 g/mol. The summed E-state index contributed by atoms with van der Waals surface area (Å²) >= 11 is 0. The van der Waals surface area contributed by atoms with E-state index in [1.807, 2.05) is 6.20 Å². The van der Waals surface area contributed by atoms with Crippen LogP contribution >= 0.6 is 0 Å². The van der Waals surface area contributed by atoms with E-state index in [4.69, 9.17) is 9.73 Å². The highest BCUT2D eigenvalue weighted by atomic mass is 16.5. The van der Waals surface area contributed by atoms with Crippen LogP contribution in [0.25, 0.3) is 0 Å². The van der Waals surface area contributed by atoms with Gasteiger partial charge in [0.2, 0.25) is 0 Å². The number of hydrogen-bond acceptors (Lipinski definition) is 4. The van der Waals surface area contributed by atoms with Crippen LogP contribution in [0.15, 0.2) is 41.5 Å². The molecule has 0 amide bonds. The lowest BCUT2D eigenvalue weighted by molar-refractivity contribution is 0.411. The van der Waals surface area contributed by atoms with Gasteiger partial charge < -0.3 is 20.3 Å². The van der Waals surface area contributed by atoms with Gasteiger partial charge in [0.05, 0.1) is 7.11 Å². The minimum Gasteiger partial charge on any atom is -0.496 e. The van der Waals surface area contributed by atoms with Crippen molar-refractivity contribution in [2.75, 3.05) is 38.2 Å².